The summed E-state index contributed by atoms with van der Waals surface area (Å²) in [4.78, 5) is 4.75. The van der Waals surface area contributed by atoms with Crippen LogP contribution in [-0.2, 0) is 14.8 Å². The molecule has 1 saturated carbocycles. The highest BCUT2D eigenvalue weighted by atomic mass is 32.2. The first-order valence-corrected chi connectivity index (χ1v) is 10.7. The van der Waals surface area contributed by atoms with Crippen LogP contribution in [0.3, 0.4) is 0 Å². The zero-order valence-electron chi connectivity index (χ0n) is 15.0. The third-order valence-corrected chi connectivity index (χ3v) is 7.09. The maximum Gasteiger partial charge on any atom is 0.235 e. The molecule has 3 rings (SSSR count). The van der Waals surface area contributed by atoms with E-state index in [2.05, 4.69) is 14.5 Å². The molecule has 2 fully saturated rings. The molecule has 0 bridgehead atoms. The lowest BCUT2D eigenvalue weighted by molar-refractivity contribution is 0.144. The van der Waals surface area contributed by atoms with Crippen molar-refractivity contribution in [2.75, 3.05) is 56.1 Å². The molecule has 1 N–H and O–H groups in total. The highest BCUT2D eigenvalue weighted by molar-refractivity contribution is 7.93. The molecule has 1 aromatic rings. The smallest absolute Gasteiger partial charge is 0.235 e. The van der Waals surface area contributed by atoms with Crippen LogP contribution in [-0.4, -0.2) is 65.0 Å². The Morgan fingerprint density at radius 1 is 1.08 bits per heavy atom. The van der Waals surface area contributed by atoms with Gasteiger partial charge in [-0.2, -0.15) is 0 Å². The molecule has 0 aromatic heterocycles. The van der Waals surface area contributed by atoms with Crippen molar-refractivity contribution in [1.29, 1.82) is 0 Å². The number of methoxy groups -OCH3 is 1. The predicted molar refractivity (Wildman–Crippen MR) is 102 cm³/mol. The van der Waals surface area contributed by atoms with Gasteiger partial charge in [-0.15, -0.1) is 0 Å². The standard InChI is InChI=1S/C18H29N3O3S/c1-24-15-14-20-10-12-21(13-11-20)17-8-6-16(7-9-17)19-25(22,23)18-4-2-3-5-18/h6-9,18-19H,2-5,10-15H2,1H3. The van der Waals surface area contributed by atoms with Crippen molar-refractivity contribution >= 4 is 21.4 Å². The number of ether oxygens (including phenoxy) is 1. The lowest BCUT2D eigenvalue weighted by Crippen LogP contribution is -2.47. The number of nitrogens with zero attached hydrogens (tertiary/aromatic N) is 2. The first-order chi connectivity index (χ1) is 12.1. The molecular weight excluding hydrogens is 338 g/mol. The average Bonchev–Trinajstić information content (AvgIpc) is 3.17. The Morgan fingerprint density at radius 3 is 2.32 bits per heavy atom. The van der Waals surface area contributed by atoms with E-state index in [1.54, 1.807) is 7.11 Å². The van der Waals surface area contributed by atoms with Crippen LogP contribution in [0.25, 0.3) is 0 Å². The second kappa shape index (κ2) is 8.38. The van der Waals surface area contributed by atoms with Crippen LogP contribution in [0.2, 0.25) is 0 Å². The van der Waals surface area contributed by atoms with Gasteiger partial charge in [0.2, 0.25) is 10.0 Å². The Morgan fingerprint density at radius 2 is 1.72 bits per heavy atom. The molecule has 0 radical (unpaired) electrons. The van der Waals surface area contributed by atoms with Crippen molar-refractivity contribution in [3.05, 3.63) is 24.3 Å². The molecule has 25 heavy (non-hydrogen) atoms. The van der Waals surface area contributed by atoms with E-state index in [0.717, 1.165) is 70.7 Å². The number of sulfonamides is 1. The minimum atomic E-state index is -3.25. The van der Waals surface area contributed by atoms with Crippen molar-refractivity contribution in [3.63, 3.8) is 0 Å². The van der Waals surface area contributed by atoms with Crippen LogP contribution < -0.4 is 9.62 Å². The Balaban J connectivity index is 1.54. The summed E-state index contributed by atoms with van der Waals surface area (Å²) in [6.07, 6.45) is 3.59. The topological polar surface area (TPSA) is 61.9 Å². The fraction of sp³-hybridized carbons (Fsp3) is 0.667. The van der Waals surface area contributed by atoms with Gasteiger partial charge < -0.3 is 9.64 Å². The minimum Gasteiger partial charge on any atom is -0.383 e. The molecule has 6 nitrogen and oxygen atoms in total. The molecule has 1 saturated heterocycles. The summed E-state index contributed by atoms with van der Waals surface area (Å²) < 4.78 is 32.6. The van der Waals surface area contributed by atoms with Crippen LogP contribution in [0.4, 0.5) is 11.4 Å². The zero-order chi connectivity index (χ0) is 17.7. The summed E-state index contributed by atoms with van der Waals surface area (Å²) in [5, 5.41) is -0.229. The first-order valence-electron chi connectivity index (χ1n) is 9.16. The SMILES string of the molecule is COCCN1CCN(c2ccc(NS(=O)(=O)C3CCCC3)cc2)CC1. The Hall–Kier alpha value is -1.31. The molecule has 0 amide bonds. The maximum atomic E-state index is 12.4. The zero-order valence-corrected chi connectivity index (χ0v) is 15.8. The molecule has 1 aliphatic carbocycles. The first kappa shape index (κ1) is 18.5. The molecular formula is C18H29N3O3S. The van der Waals surface area contributed by atoms with E-state index in [0.29, 0.717) is 5.69 Å². The molecule has 1 aromatic carbocycles. The number of rotatable bonds is 7. The normalized spacial score (nSPS) is 20.1. The fourth-order valence-electron chi connectivity index (χ4n) is 3.64. The van der Waals surface area contributed by atoms with Crippen molar-refractivity contribution < 1.29 is 13.2 Å². The van der Waals surface area contributed by atoms with Crippen LogP contribution in [0.5, 0.6) is 0 Å². The Kier molecular flexibility index (Phi) is 6.19. The predicted octanol–water partition coefficient (Wildman–Crippen LogP) is 2.14. The monoisotopic (exact) mass is 367 g/mol. The summed E-state index contributed by atoms with van der Waals surface area (Å²) in [6, 6.07) is 7.77. The number of hydrogen-bond donors (Lipinski definition) is 1. The van der Waals surface area contributed by atoms with E-state index in [1.807, 2.05) is 24.3 Å². The van der Waals surface area contributed by atoms with Gasteiger partial charge in [0.25, 0.3) is 0 Å². The molecule has 140 valence electrons. The highest BCUT2D eigenvalue weighted by Crippen LogP contribution is 2.27. The van der Waals surface area contributed by atoms with Crippen LogP contribution in [0, 0.1) is 0 Å². The quantitative estimate of drug-likeness (QED) is 0.800. The largest absolute Gasteiger partial charge is 0.383 e. The third-order valence-electron chi connectivity index (χ3n) is 5.22. The third kappa shape index (κ3) is 4.86. The van der Waals surface area contributed by atoms with Gasteiger partial charge in [0.05, 0.1) is 11.9 Å². The van der Waals surface area contributed by atoms with Gasteiger partial charge in [-0.05, 0) is 37.1 Å². The van der Waals surface area contributed by atoms with E-state index in [-0.39, 0.29) is 5.25 Å². The van der Waals surface area contributed by atoms with E-state index in [9.17, 15) is 8.42 Å². The molecule has 2 aliphatic rings. The van der Waals surface area contributed by atoms with Gasteiger partial charge in [0, 0.05) is 51.2 Å². The number of benzene rings is 1. The van der Waals surface area contributed by atoms with Crippen LogP contribution in [0.15, 0.2) is 24.3 Å². The summed E-state index contributed by atoms with van der Waals surface area (Å²) in [5.41, 5.74) is 1.81. The molecule has 0 atom stereocenters. The van der Waals surface area contributed by atoms with Crippen molar-refractivity contribution in [1.82, 2.24) is 4.90 Å². The summed E-state index contributed by atoms with van der Waals surface area (Å²) in [6.45, 7) is 5.77. The van der Waals surface area contributed by atoms with Crippen molar-refractivity contribution in [3.8, 4) is 0 Å². The summed E-state index contributed by atoms with van der Waals surface area (Å²) >= 11 is 0. The fourth-order valence-corrected chi connectivity index (χ4v) is 5.22. The number of hydrogen-bond acceptors (Lipinski definition) is 5. The molecule has 1 aliphatic heterocycles. The van der Waals surface area contributed by atoms with Crippen molar-refractivity contribution in [2.45, 2.75) is 30.9 Å². The van der Waals surface area contributed by atoms with Crippen LogP contribution >= 0.6 is 0 Å². The number of piperazine rings is 1. The van der Waals surface area contributed by atoms with E-state index in [1.165, 1.54) is 0 Å². The number of anilines is 2. The van der Waals surface area contributed by atoms with E-state index >= 15 is 0 Å². The van der Waals surface area contributed by atoms with Gasteiger partial charge in [-0.1, -0.05) is 12.8 Å². The average molecular weight is 368 g/mol. The lowest BCUT2D eigenvalue weighted by atomic mass is 10.2. The molecule has 7 heteroatoms. The van der Waals surface area contributed by atoms with Gasteiger partial charge in [-0.3, -0.25) is 9.62 Å². The highest BCUT2D eigenvalue weighted by Gasteiger charge is 2.28. The van der Waals surface area contributed by atoms with Gasteiger partial charge in [-0.25, -0.2) is 8.42 Å². The Labute approximate surface area is 151 Å². The van der Waals surface area contributed by atoms with Gasteiger partial charge >= 0.3 is 0 Å². The lowest BCUT2D eigenvalue weighted by Gasteiger charge is -2.36. The summed E-state index contributed by atoms with van der Waals surface area (Å²) in [5.74, 6) is 0. The molecule has 1 heterocycles. The molecule has 0 spiro atoms. The van der Waals surface area contributed by atoms with Gasteiger partial charge in [0.1, 0.15) is 0 Å². The minimum absolute atomic E-state index is 0.229. The maximum absolute atomic E-state index is 12.4. The van der Waals surface area contributed by atoms with Crippen molar-refractivity contribution in [2.24, 2.45) is 0 Å². The van der Waals surface area contributed by atoms with Gasteiger partial charge in [0.15, 0.2) is 0 Å². The van der Waals surface area contributed by atoms with Crippen LogP contribution in [0.1, 0.15) is 25.7 Å². The Bertz CT molecular complexity index is 634. The second-order valence-electron chi connectivity index (χ2n) is 6.92. The summed E-state index contributed by atoms with van der Waals surface area (Å²) in [7, 11) is -1.51. The van der Waals surface area contributed by atoms with E-state index < -0.39 is 10.0 Å². The van der Waals surface area contributed by atoms with E-state index in [4.69, 9.17) is 4.74 Å². The number of nitrogens with one attached hydrogen (secondary N) is 1. The molecule has 0 unspecified atom stereocenters. The second-order valence-corrected chi connectivity index (χ2v) is 8.88.